The Morgan fingerprint density at radius 2 is 1.73 bits per heavy atom. The summed E-state index contributed by atoms with van der Waals surface area (Å²) in [7, 11) is 2.18. The third kappa shape index (κ3) is 5.50. The maximum Gasteiger partial charge on any atom is 0.123 e. The lowest BCUT2D eigenvalue weighted by Gasteiger charge is -2.31. The first-order valence-corrected chi connectivity index (χ1v) is 11.8. The molecule has 0 spiro atoms. The van der Waals surface area contributed by atoms with Crippen LogP contribution in [0.15, 0.2) is 72.8 Å². The van der Waals surface area contributed by atoms with Gasteiger partial charge in [0, 0.05) is 0 Å². The SMILES string of the molecule is CN(CCCCc1ccccc1)CCCC1(c2ccc(F)cc2)OCc2cc(C#N)ccc21. The Morgan fingerprint density at radius 1 is 0.970 bits per heavy atom. The number of unbranched alkanes of at least 4 members (excludes halogenated alkanes) is 1. The van der Waals surface area contributed by atoms with Gasteiger partial charge in [-0.2, -0.15) is 5.26 Å². The van der Waals surface area contributed by atoms with Crippen molar-refractivity contribution in [2.45, 2.75) is 44.3 Å². The molecule has 0 fully saturated rings. The topological polar surface area (TPSA) is 36.3 Å². The highest BCUT2D eigenvalue weighted by atomic mass is 19.1. The summed E-state index contributed by atoms with van der Waals surface area (Å²) in [4.78, 5) is 2.39. The van der Waals surface area contributed by atoms with Crippen molar-refractivity contribution >= 4 is 0 Å². The molecular formula is C29H31FN2O. The molecule has 3 aromatic carbocycles. The molecule has 1 heterocycles. The van der Waals surface area contributed by atoms with Crippen LogP contribution in [0.2, 0.25) is 0 Å². The second-order valence-corrected chi connectivity index (χ2v) is 8.96. The van der Waals surface area contributed by atoms with Crippen LogP contribution in [0.25, 0.3) is 0 Å². The van der Waals surface area contributed by atoms with Gasteiger partial charge in [0.15, 0.2) is 0 Å². The molecule has 0 aliphatic carbocycles. The van der Waals surface area contributed by atoms with Crippen LogP contribution in [0.1, 0.15) is 53.5 Å². The molecule has 0 saturated heterocycles. The highest BCUT2D eigenvalue weighted by Gasteiger charge is 2.41. The van der Waals surface area contributed by atoms with Gasteiger partial charge in [0.2, 0.25) is 0 Å². The maximum absolute atomic E-state index is 13.6. The molecule has 1 atom stereocenters. The second kappa shape index (κ2) is 10.7. The number of ether oxygens (including phenoxy) is 1. The molecule has 0 saturated carbocycles. The van der Waals surface area contributed by atoms with Crippen molar-refractivity contribution < 1.29 is 9.13 Å². The van der Waals surface area contributed by atoms with Crippen LogP contribution < -0.4 is 0 Å². The van der Waals surface area contributed by atoms with Gasteiger partial charge in [-0.05, 0) is 98.8 Å². The van der Waals surface area contributed by atoms with Gasteiger partial charge < -0.3 is 9.64 Å². The normalized spacial score (nSPS) is 17.2. The van der Waals surface area contributed by atoms with Gasteiger partial charge >= 0.3 is 0 Å². The third-order valence-electron chi connectivity index (χ3n) is 6.62. The van der Waals surface area contributed by atoms with E-state index in [9.17, 15) is 9.65 Å². The van der Waals surface area contributed by atoms with E-state index in [1.165, 1.54) is 30.5 Å². The number of hydrogen-bond donors (Lipinski definition) is 0. The summed E-state index contributed by atoms with van der Waals surface area (Å²) in [6, 6.07) is 25.3. The molecule has 0 bridgehead atoms. The summed E-state index contributed by atoms with van der Waals surface area (Å²) >= 11 is 0. The van der Waals surface area contributed by atoms with E-state index in [4.69, 9.17) is 4.74 Å². The molecule has 1 aliphatic heterocycles. The predicted octanol–water partition coefficient (Wildman–Crippen LogP) is 6.21. The molecular weight excluding hydrogens is 411 g/mol. The molecule has 0 amide bonds. The second-order valence-electron chi connectivity index (χ2n) is 8.96. The summed E-state index contributed by atoms with van der Waals surface area (Å²) in [6.45, 7) is 2.51. The summed E-state index contributed by atoms with van der Waals surface area (Å²) < 4.78 is 20.0. The Labute approximate surface area is 196 Å². The van der Waals surface area contributed by atoms with Crippen molar-refractivity contribution in [1.82, 2.24) is 4.90 Å². The average molecular weight is 443 g/mol. The summed E-state index contributed by atoms with van der Waals surface area (Å²) in [5.41, 5.74) is 4.56. The molecule has 1 unspecified atom stereocenters. The molecule has 4 rings (SSSR count). The minimum atomic E-state index is -0.592. The van der Waals surface area contributed by atoms with E-state index in [1.807, 2.05) is 30.3 Å². The van der Waals surface area contributed by atoms with Crippen LogP contribution in [0.5, 0.6) is 0 Å². The quantitative estimate of drug-likeness (QED) is 0.351. The molecule has 4 heteroatoms. The Hall–Kier alpha value is -3.00. The van der Waals surface area contributed by atoms with Crippen LogP contribution in [0.3, 0.4) is 0 Å². The number of nitrogens with zero attached hydrogens (tertiary/aromatic N) is 2. The zero-order chi connectivity index (χ0) is 23.1. The first-order valence-electron chi connectivity index (χ1n) is 11.8. The predicted molar refractivity (Wildman–Crippen MR) is 129 cm³/mol. The van der Waals surface area contributed by atoms with Crippen LogP contribution >= 0.6 is 0 Å². The van der Waals surface area contributed by atoms with Crippen molar-refractivity contribution in [3.05, 3.63) is 106 Å². The van der Waals surface area contributed by atoms with Crippen molar-refractivity contribution in [2.24, 2.45) is 0 Å². The van der Waals surface area contributed by atoms with Crippen molar-refractivity contribution in [3.8, 4) is 6.07 Å². The van der Waals surface area contributed by atoms with Gasteiger partial charge in [-0.25, -0.2) is 4.39 Å². The Morgan fingerprint density at radius 3 is 2.48 bits per heavy atom. The molecule has 170 valence electrons. The molecule has 0 N–H and O–H groups in total. The fourth-order valence-electron chi connectivity index (χ4n) is 4.83. The molecule has 3 nitrogen and oxygen atoms in total. The van der Waals surface area contributed by atoms with Crippen LogP contribution in [-0.4, -0.2) is 25.0 Å². The fraction of sp³-hybridized carbons (Fsp3) is 0.345. The number of benzene rings is 3. The van der Waals surface area contributed by atoms with Crippen LogP contribution in [-0.2, 0) is 23.4 Å². The van der Waals surface area contributed by atoms with Crippen LogP contribution in [0.4, 0.5) is 4.39 Å². The molecule has 0 aromatic heterocycles. The van der Waals surface area contributed by atoms with E-state index in [2.05, 4.69) is 48.3 Å². The smallest absolute Gasteiger partial charge is 0.123 e. The number of rotatable bonds is 10. The first kappa shape index (κ1) is 23.2. The van der Waals surface area contributed by atoms with Crippen molar-refractivity contribution in [3.63, 3.8) is 0 Å². The van der Waals surface area contributed by atoms with Gasteiger partial charge in [0.05, 0.1) is 18.2 Å². The number of fused-ring (bicyclic) bond motifs is 1. The highest BCUT2D eigenvalue weighted by molar-refractivity contribution is 5.47. The largest absolute Gasteiger partial charge is 0.361 e. The minimum Gasteiger partial charge on any atom is -0.361 e. The average Bonchev–Trinajstić information content (AvgIpc) is 3.21. The van der Waals surface area contributed by atoms with E-state index < -0.39 is 5.60 Å². The number of aryl methyl sites for hydroxylation is 1. The van der Waals surface area contributed by atoms with Gasteiger partial charge in [0.1, 0.15) is 11.4 Å². The minimum absolute atomic E-state index is 0.248. The van der Waals surface area contributed by atoms with E-state index in [0.717, 1.165) is 49.0 Å². The Bertz CT molecular complexity index is 1090. The monoisotopic (exact) mass is 442 g/mol. The first-order chi connectivity index (χ1) is 16.1. The zero-order valence-electron chi connectivity index (χ0n) is 19.3. The molecule has 3 aromatic rings. The van der Waals surface area contributed by atoms with E-state index in [-0.39, 0.29) is 5.82 Å². The van der Waals surface area contributed by atoms with E-state index >= 15 is 0 Å². The lowest BCUT2D eigenvalue weighted by atomic mass is 9.81. The maximum atomic E-state index is 13.6. The molecule has 0 radical (unpaired) electrons. The van der Waals surface area contributed by atoms with E-state index in [1.54, 1.807) is 0 Å². The summed E-state index contributed by atoms with van der Waals surface area (Å²) in [6.07, 6.45) is 5.26. The standard InChI is InChI=1S/C29H31FN2O/c1-32(18-6-5-10-23-8-3-2-4-9-23)19-7-17-29(26-12-14-27(30)15-13-26)28-16-11-24(21-31)20-25(28)22-33-29/h2-4,8-9,11-16,20H,5-7,10,17-19,22H2,1H3. The van der Waals surface area contributed by atoms with E-state index in [0.29, 0.717) is 12.2 Å². The van der Waals surface area contributed by atoms with Crippen molar-refractivity contribution in [2.75, 3.05) is 20.1 Å². The van der Waals surface area contributed by atoms with Gasteiger partial charge in [0.25, 0.3) is 0 Å². The zero-order valence-corrected chi connectivity index (χ0v) is 19.3. The number of halogens is 1. The Kier molecular flexibility index (Phi) is 7.54. The molecule has 33 heavy (non-hydrogen) atoms. The number of nitriles is 1. The lowest BCUT2D eigenvalue weighted by molar-refractivity contribution is -0.0142. The van der Waals surface area contributed by atoms with Gasteiger partial charge in [-0.1, -0.05) is 48.5 Å². The number of hydrogen-bond acceptors (Lipinski definition) is 3. The Balaban J connectivity index is 1.37. The highest BCUT2D eigenvalue weighted by Crippen LogP contribution is 2.45. The summed E-state index contributed by atoms with van der Waals surface area (Å²) in [5.74, 6) is -0.248. The molecule has 1 aliphatic rings. The summed E-state index contributed by atoms with van der Waals surface area (Å²) in [5, 5.41) is 9.26. The van der Waals surface area contributed by atoms with Gasteiger partial charge in [-0.3, -0.25) is 0 Å². The lowest BCUT2D eigenvalue weighted by Crippen LogP contribution is -2.29. The third-order valence-corrected chi connectivity index (χ3v) is 6.62. The van der Waals surface area contributed by atoms with Crippen molar-refractivity contribution in [1.29, 1.82) is 5.26 Å². The van der Waals surface area contributed by atoms with Gasteiger partial charge in [-0.15, -0.1) is 0 Å². The fourth-order valence-corrected chi connectivity index (χ4v) is 4.83. The van der Waals surface area contributed by atoms with Crippen LogP contribution in [0, 0.1) is 17.1 Å².